The highest BCUT2D eigenvalue weighted by molar-refractivity contribution is 6.30. The van der Waals surface area contributed by atoms with Crippen LogP contribution in [0.15, 0.2) is 45.9 Å². The van der Waals surface area contributed by atoms with Crippen molar-refractivity contribution in [2.24, 2.45) is 5.10 Å². The molecule has 0 saturated carbocycles. The van der Waals surface area contributed by atoms with Gasteiger partial charge in [0, 0.05) is 10.7 Å². The average Bonchev–Trinajstić information content (AvgIpc) is 2.87. The molecule has 110 valence electrons. The number of benzene rings is 1. The first-order chi connectivity index (χ1) is 10.0. The van der Waals surface area contributed by atoms with E-state index in [4.69, 9.17) is 16.0 Å². The van der Waals surface area contributed by atoms with Crippen molar-refractivity contribution >= 4 is 29.4 Å². The van der Waals surface area contributed by atoms with Crippen LogP contribution >= 0.6 is 11.6 Å². The van der Waals surface area contributed by atoms with Gasteiger partial charge in [-0.15, -0.1) is 0 Å². The summed E-state index contributed by atoms with van der Waals surface area (Å²) in [5, 5.41) is 7.55. The summed E-state index contributed by atoms with van der Waals surface area (Å²) in [4.78, 5) is 11.9. The van der Waals surface area contributed by atoms with Gasteiger partial charge in [-0.2, -0.15) is 5.10 Å². The van der Waals surface area contributed by atoms with Crippen molar-refractivity contribution in [3.63, 3.8) is 0 Å². The molecule has 1 atom stereocenters. The minimum absolute atomic E-state index is 0.246. The quantitative estimate of drug-likeness (QED) is 0.658. The third kappa shape index (κ3) is 4.65. The number of halogens is 1. The second-order valence-electron chi connectivity index (χ2n) is 4.56. The van der Waals surface area contributed by atoms with Gasteiger partial charge in [-0.05, 0) is 50.2 Å². The third-order valence-corrected chi connectivity index (χ3v) is 3.00. The predicted molar refractivity (Wildman–Crippen MR) is 83.7 cm³/mol. The lowest BCUT2D eigenvalue weighted by Crippen LogP contribution is -2.34. The summed E-state index contributed by atoms with van der Waals surface area (Å²) in [6.45, 7) is 3.59. The Kier molecular flexibility index (Phi) is 5.00. The fourth-order valence-corrected chi connectivity index (χ4v) is 1.77. The van der Waals surface area contributed by atoms with E-state index < -0.39 is 6.04 Å². The molecule has 0 aliphatic heterocycles. The zero-order valence-corrected chi connectivity index (χ0v) is 12.5. The van der Waals surface area contributed by atoms with E-state index in [1.807, 2.05) is 13.0 Å². The van der Waals surface area contributed by atoms with Crippen LogP contribution in [0.4, 0.5) is 5.69 Å². The second-order valence-corrected chi connectivity index (χ2v) is 4.99. The minimum atomic E-state index is -0.429. The summed E-state index contributed by atoms with van der Waals surface area (Å²) in [5.41, 5.74) is 3.27. The van der Waals surface area contributed by atoms with Gasteiger partial charge in [-0.1, -0.05) is 11.6 Å². The third-order valence-electron chi connectivity index (χ3n) is 2.75. The normalized spacial score (nSPS) is 12.3. The fraction of sp³-hybridized carbons (Fsp3) is 0.200. The Bertz CT molecular complexity index is 635. The largest absolute Gasteiger partial charge is 0.460 e. The first kappa shape index (κ1) is 15.1. The standard InChI is InChI=1S/C15H16ClN3O2/c1-10-3-8-14(21-10)9-17-19-15(20)11(2)18-13-6-4-12(16)5-7-13/h3-9,11,18H,1-2H3,(H,19,20)/b17-9-/t11-/m1/s1. The average molecular weight is 306 g/mol. The summed E-state index contributed by atoms with van der Waals surface area (Å²) in [6.07, 6.45) is 1.46. The van der Waals surface area contributed by atoms with Gasteiger partial charge in [0.1, 0.15) is 17.6 Å². The van der Waals surface area contributed by atoms with Crippen molar-refractivity contribution in [2.45, 2.75) is 19.9 Å². The van der Waals surface area contributed by atoms with Crippen LogP contribution < -0.4 is 10.7 Å². The number of rotatable bonds is 5. The topological polar surface area (TPSA) is 66.6 Å². The van der Waals surface area contributed by atoms with E-state index in [-0.39, 0.29) is 5.91 Å². The number of hydrazone groups is 1. The number of hydrogen-bond acceptors (Lipinski definition) is 4. The van der Waals surface area contributed by atoms with Gasteiger partial charge in [0.2, 0.25) is 0 Å². The minimum Gasteiger partial charge on any atom is -0.460 e. The van der Waals surface area contributed by atoms with Crippen LogP contribution in [-0.4, -0.2) is 18.2 Å². The molecule has 1 aromatic heterocycles. The molecule has 0 fully saturated rings. The lowest BCUT2D eigenvalue weighted by Gasteiger charge is -2.13. The van der Waals surface area contributed by atoms with Gasteiger partial charge in [0.15, 0.2) is 0 Å². The van der Waals surface area contributed by atoms with Gasteiger partial charge in [-0.25, -0.2) is 5.43 Å². The lowest BCUT2D eigenvalue weighted by atomic mass is 10.2. The van der Waals surface area contributed by atoms with Crippen molar-refractivity contribution in [3.05, 3.63) is 52.9 Å². The highest BCUT2D eigenvalue weighted by atomic mass is 35.5. The molecule has 0 radical (unpaired) electrons. The number of anilines is 1. The molecule has 1 amide bonds. The number of nitrogens with one attached hydrogen (secondary N) is 2. The number of amides is 1. The number of nitrogens with zero attached hydrogens (tertiary/aromatic N) is 1. The van der Waals surface area contributed by atoms with E-state index in [0.717, 1.165) is 11.4 Å². The molecule has 0 saturated heterocycles. The highest BCUT2D eigenvalue weighted by Gasteiger charge is 2.11. The second kappa shape index (κ2) is 6.95. The van der Waals surface area contributed by atoms with Gasteiger partial charge in [-0.3, -0.25) is 4.79 Å². The maximum absolute atomic E-state index is 11.9. The number of furan rings is 1. The molecule has 6 heteroatoms. The predicted octanol–water partition coefficient (Wildman–Crippen LogP) is 3.19. The van der Waals surface area contributed by atoms with Crippen LogP contribution in [0.1, 0.15) is 18.4 Å². The van der Waals surface area contributed by atoms with Crippen LogP contribution in [0.3, 0.4) is 0 Å². The molecule has 0 bridgehead atoms. The molecule has 0 spiro atoms. The van der Waals surface area contributed by atoms with E-state index >= 15 is 0 Å². The Labute approximate surface area is 128 Å². The van der Waals surface area contributed by atoms with Crippen LogP contribution in [0, 0.1) is 6.92 Å². The first-order valence-corrected chi connectivity index (χ1v) is 6.84. The van der Waals surface area contributed by atoms with E-state index in [0.29, 0.717) is 10.8 Å². The molecular formula is C15H16ClN3O2. The van der Waals surface area contributed by atoms with Crippen molar-refractivity contribution in [2.75, 3.05) is 5.32 Å². The van der Waals surface area contributed by atoms with Crippen molar-refractivity contribution < 1.29 is 9.21 Å². The maximum Gasteiger partial charge on any atom is 0.262 e. The molecule has 2 N–H and O–H groups in total. The number of aryl methyl sites for hydroxylation is 1. The first-order valence-electron chi connectivity index (χ1n) is 6.46. The maximum atomic E-state index is 11.9. The van der Waals surface area contributed by atoms with Crippen molar-refractivity contribution in [1.29, 1.82) is 0 Å². The summed E-state index contributed by atoms with van der Waals surface area (Å²) >= 11 is 5.80. The zero-order valence-electron chi connectivity index (χ0n) is 11.8. The van der Waals surface area contributed by atoms with Crippen LogP contribution in [-0.2, 0) is 4.79 Å². The molecule has 5 nitrogen and oxygen atoms in total. The Morgan fingerprint density at radius 1 is 1.29 bits per heavy atom. The Morgan fingerprint density at radius 3 is 2.62 bits per heavy atom. The molecule has 1 heterocycles. The molecule has 2 aromatic rings. The summed E-state index contributed by atoms with van der Waals surface area (Å²) in [7, 11) is 0. The van der Waals surface area contributed by atoms with E-state index in [1.54, 1.807) is 37.3 Å². The Morgan fingerprint density at radius 2 is 2.00 bits per heavy atom. The Hall–Kier alpha value is -2.27. The number of hydrogen-bond donors (Lipinski definition) is 2. The van der Waals surface area contributed by atoms with Gasteiger partial charge in [0.05, 0.1) is 6.21 Å². The van der Waals surface area contributed by atoms with Gasteiger partial charge < -0.3 is 9.73 Å². The van der Waals surface area contributed by atoms with Gasteiger partial charge >= 0.3 is 0 Å². The highest BCUT2D eigenvalue weighted by Crippen LogP contribution is 2.14. The zero-order chi connectivity index (χ0) is 15.2. The molecule has 1 aromatic carbocycles. The summed E-state index contributed by atoms with van der Waals surface area (Å²) in [5.74, 6) is 1.14. The number of carbonyl (C=O) groups is 1. The lowest BCUT2D eigenvalue weighted by molar-refractivity contribution is -0.121. The van der Waals surface area contributed by atoms with E-state index in [9.17, 15) is 4.79 Å². The van der Waals surface area contributed by atoms with Crippen LogP contribution in [0.5, 0.6) is 0 Å². The summed E-state index contributed by atoms with van der Waals surface area (Å²) in [6, 6.07) is 10.3. The molecule has 0 aliphatic carbocycles. The van der Waals surface area contributed by atoms with Gasteiger partial charge in [0.25, 0.3) is 5.91 Å². The smallest absolute Gasteiger partial charge is 0.262 e. The van der Waals surface area contributed by atoms with Crippen LogP contribution in [0.2, 0.25) is 5.02 Å². The SMILES string of the molecule is Cc1ccc(/C=N\NC(=O)[C@@H](C)Nc2ccc(Cl)cc2)o1. The van der Waals surface area contributed by atoms with Crippen molar-refractivity contribution in [3.8, 4) is 0 Å². The van der Waals surface area contributed by atoms with Crippen LogP contribution in [0.25, 0.3) is 0 Å². The summed E-state index contributed by atoms with van der Waals surface area (Å²) < 4.78 is 5.30. The van der Waals surface area contributed by atoms with Crippen molar-refractivity contribution in [1.82, 2.24) is 5.43 Å². The molecular weight excluding hydrogens is 290 g/mol. The van der Waals surface area contributed by atoms with E-state index in [1.165, 1.54) is 6.21 Å². The molecule has 0 aliphatic rings. The fourth-order valence-electron chi connectivity index (χ4n) is 1.64. The monoisotopic (exact) mass is 305 g/mol. The number of carbonyl (C=O) groups excluding carboxylic acids is 1. The Balaban J connectivity index is 1.85. The van der Waals surface area contributed by atoms with E-state index in [2.05, 4.69) is 15.8 Å². The molecule has 2 rings (SSSR count). The molecule has 21 heavy (non-hydrogen) atoms. The molecule has 0 unspecified atom stereocenters.